The Morgan fingerprint density at radius 1 is 1.22 bits per heavy atom. The van der Waals surface area contributed by atoms with Gasteiger partial charge in [0.15, 0.2) is 0 Å². The van der Waals surface area contributed by atoms with E-state index in [1.165, 1.54) is 24.3 Å². The van der Waals surface area contributed by atoms with Crippen molar-refractivity contribution in [1.82, 2.24) is 20.3 Å². The Bertz CT molecular complexity index is 764. The number of hydrogen-bond donors (Lipinski definition) is 3. The summed E-state index contributed by atoms with van der Waals surface area (Å²) in [5, 5.41) is 8.81. The molecule has 0 aromatic heterocycles. The van der Waals surface area contributed by atoms with Crippen LogP contribution in [0.3, 0.4) is 0 Å². The summed E-state index contributed by atoms with van der Waals surface area (Å²) in [7, 11) is -3.73. The van der Waals surface area contributed by atoms with E-state index < -0.39 is 10.0 Å². The highest BCUT2D eigenvalue weighted by Gasteiger charge is 2.29. The van der Waals surface area contributed by atoms with Crippen LogP contribution in [0.5, 0.6) is 0 Å². The van der Waals surface area contributed by atoms with Gasteiger partial charge < -0.3 is 16.0 Å². The number of halogens is 1. The maximum Gasteiger partial charge on any atom is 0.251 e. The molecule has 3 N–H and O–H groups in total. The molecule has 1 unspecified atom stereocenters. The molecule has 150 valence electrons. The van der Waals surface area contributed by atoms with Gasteiger partial charge in [-0.05, 0) is 56.1 Å². The van der Waals surface area contributed by atoms with E-state index in [0.717, 1.165) is 30.2 Å². The molecule has 10 heteroatoms. The largest absolute Gasteiger partial charge is 0.354 e. The van der Waals surface area contributed by atoms with Crippen LogP contribution in [0, 0.1) is 5.92 Å². The first-order chi connectivity index (χ1) is 12.5. The Morgan fingerprint density at radius 3 is 2.59 bits per heavy atom. The van der Waals surface area contributed by atoms with Gasteiger partial charge in [0.25, 0.3) is 5.91 Å². The summed E-state index contributed by atoms with van der Waals surface area (Å²) >= 11 is 0. The SMILES string of the molecule is Cl.O=C1CN(S(=O)(=O)c2ccc(C(=O)NCC3CCCNC3)cc2)CCN1. The molecule has 2 fully saturated rings. The first-order valence-electron chi connectivity index (χ1n) is 8.82. The highest BCUT2D eigenvalue weighted by molar-refractivity contribution is 7.89. The monoisotopic (exact) mass is 416 g/mol. The number of rotatable bonds is 5. The summed E-state index contributed by atoms with van der Waals surface area (Å²) in [6, 6.07) is 5.84. The van der Waals surface area contributed by atoms with Gasteiger partial charge in [-0.1, -0.05) is 0 Å². The van der Waals surface area contributed by atoms with Crippen LogP contribution in [0.4, 0.5) is 0 Å². The summed E-state index contributed by atoms with van der Waals surface area (Å²) < 4.78 is 26.3. The zero-order valence-corrected chi connectivity index (χ0v) is 16.6. The topological polar surface area (TPSA) is 108 Å². The van der Waals surface area contributed by atoms with Crippen LogP contribution in [0.2, 0.25) is 0 Å². The van der Waals surface area contributed by atoms with Gasteiger partial charge >= 0.3 is 0 Å². The second kappa shape index (κ2) is 9.50. The van der Waals surface area contributed by atoms with E-state index in [0.29, 0.717) is 24.6 Å². The average molecular weight is 417 g/mol. The lowest BCUT2D eigenvalue weighted by Crippen LogP contribution is -2.49. The number of piperidine rings is 1. The molecule has 0 saturated carbocycles. The van der Waals surface area contributed by atoms with Crippen molar-refractivity contribution in [1.29, 1.82) is 0 Å². The number of nitrogens with one attached hydrogen (secondary N) is 3. The smallest absolute Gasteiger partial charge is 0.251 e. The van der Waals surface area contributed by atoms with Crippen molar-refractivity contribution in [3.63, 3.8) is 0 Å². The number of piperazine rings is 1. The number of hydrogen-bond acceptors (Lipinski definition) is 5. The maximum absolute atomic E-state index is 12.6. The van der Waals surface area contributed by atoms with Gasteiger partial charge in [0, 0.05) is 25.2 Å². The van der Waals surface area contributed by atoms with Crippen molar-refractivity contribution >= 4 is 34.2 Å². The highest BCUT2D eigenvalue weighted by Crippen LogP contribution is 2.17. The van der Waals surface area contributed by atoms with Crippen molar-refractivity contribution in [2.75, 3.05) is 39.3 Å². The Hall–Kier alpha value is -1.68. The average Bonchev–Trinajstić information content (AvgIpc) is 2.67. The van der Waals surface area contributed by atoms with E-state index >= 15 is 0 Å². The van der Waals surface area contributed by atoms with Crippen LogP contribution < -0.4 is 16.0 Å². The second-order valence-corrected chi connectivity index (χ2v) is 8.57. The third-order valence-electron chi connectivity index (χ3n) is 4.71. The van der Waals surface area contributed by atoms with Gasteiger partial charge in [-0.15, -0.1) is 12.4 Å². The predicted octanol–water partition coefficient (Wildman–Crippen LogP) is -0.0417. The number of carbonyl (C=O) groups excluding carboxylic acids is 2. The summed E-state index contributed by atoms with van der Waals surface area (Å²) in [4.78, 5) is 23.8. The van der Waals surface area contributed by atoms with Crippen LogP contribution in [-0.4, -0.2) is 63.8 Å². The summed E-state index contributed by atoms with van der Waals surface area (Å²) in [5.41, 5.74) is 0.420. The van der Waals surface area contributed by atoms with E-state index in [1.807, 2.05) is 0 Å². The van der Waals surface area contributed by atoms with Gasteiger partial charge in [0.2, 0.25) is 15.9 Å². The van der Waals surface area contributed by atoms with Crippen molar-refractivity contribution in [3.8, 4) is 0 Å². The minimum absolute atomic E-state index is 0. The van der Waals surface area contributed by atoms with Gasteiger partial charge in [-0.25, -0.2) is 8.42 Å². The zero-order chi connectivity index (χ0) is 18.6. The number of benzene rings is 1. The molecule has 0 spiro atoms. The molecule has 1 atom stereocenters. The summed E-state index contributed by atoms with van der Waals surface area (Å²) in [6.45, 7) is 2.90. The lowest BCUT2D eigenvalue weighted by molar-refractivity contribution is -0.122. The third kappa shape index (κ3) is 5.41. The Balaban J connectivity index is 0.00000261. The van der Waals surface area contributed by atoms with E-state index in [9.17, 15) is 18.0 Å². The van der Waals surface area contributed by atoms with Crippen molar-refractivity contribution in [3.05, 3.63) is 29.8 Å². The number of carbonyl (C=O) groups is 2. The first-order valence-corrected chi connectivity index (χ1v) is 10.3. The van der Waals surface area contributed by atoms with E-state index in [4.69, 9.17) is 0 Å². The Kier molecular flexibility index (Phi) is 7.60. The van der Waals surface area contributed by atoms with Gasteiger partial charge in [-0.3, -0.25) is 9.59 Å². The molecule has 0 bridgehead atoms. The third-order valence-corrected chi connectivity index (χ3v) is 6.57. The molecule has 1 aromatic carbocycles. The molecule has 2 amide bonds. The van der Waals surface area contributed by atoms with Gasteiger partial charge in [-0.2, -0.15) is 4.31 Å². The maximum atomic E-state index is 12.6. The molecule has 0 radical (unpaired) electrons. The lowest BCUT2D eigenvalue weighted by atomic mass is 10.00. The van der Waals surface area contributed by atoms with Gasteiger partial charge in [0.1, 0.15) is 0 Å². The number of nitrogens with zero attached hydrogens (tertiary/aromatic N) is 1. The Labute approximate surface area is 165 Å². The molecule has 2 aliphatic rings. The quantitative estimate of drug-likeness (QED) is 0.624. The van der Waals surface area contributed by atoms with E-state index in [1.54, 1.807) is 0 Å². The molecule has 1 aromatic rings. The van der Waals surface area contributed by atoms with Gasteiger partial charge in [0.05, 0.1) is 11.4 Å². The molecule has 0 aliphatic carbocycles. The first kappa shape index (κ1) is 21.6. The fourth-order valence-corrected chi connectivity index (χ4v) is 4.58. The van der Waals surface area contributed by atoms with Crippen LogP contribution >= 0.6 is 12.4 Å². The van der Waals surface area contributed by atoms with Crippen molar-refractivity contribution in [2.45, 2.75) is 17.7 Å². The molecular weight excluding hydrogens is 392 g/mol. The molecular formula is C17H25ClN4O4S. The number of sulfonamides is 1. The molecule has 8 nitrogen and oxygen atoms in total. The standard InChI is InChI=1S/C17H24N4O4S.ClH/c22-16-12-21(9-8-19-16)26(24,25)15-5-3-14(4-6-15)17(23)20-11-13-2-1-7-18-10-13;/h3-6,13,18H,1-2,7-12H2,(H,19,22)(H,20,23);1H. The molecule has 27 heavy (non-hydrogen) atoms. The lowest BCUT2D eigenvalue weighted by Gasteiger charge is -2.26. The van der Waals surface area contributed by atoms with Crippen LogP contribution in [0.15, 0.2) is 29.2 Å². The minimum Gasteiger partial charge on any atom is -0.354 e. The van der Waals surface area contributed by atoms with Crippen LogP contribution in [-0.2, 0) is 14.8 Å². The van der Waals surface area contributed by atoms with Crippen LogP contribution in [0.25, 0.3) is 0 Å². The molecule has 2 heterocycles. The second-order valence-electron chi connectivity index (χ2n) is 6.64. The van der Waals surface area contributed by atoms with E-state index in [2.05, 4.69) is 16.0 Å². The summed E-state index contributed by atoms with van der Waals surface area (Å²) in [6.07, 6.45) is 2.20. The molecule has 2 aliphatic heterocycles. The Morgan fingerprint density at radius 2 is 1.96 bits per heavy atom. The molecule has 2 saturated heterocycles. The van der Waals surface area contributed by atoms with E-state index in [-0.39, 0.29) is 42.2 Å². The van der Waals surface area contributed by atoms with Crippen molar-refractivity contribution in [2.24, 2.45) is 5.92 Å². The number of amides is 2. The van der Waals surface area contributed by atoms with Crippen LogP contribution in [0.1, 0.15) is 23.2 Å². The normalized spacial score (nSPS) is 21.0. The summed E-state index contributed by atoms with van der Waals surface area (Å²) in [5.74, 6) is -0.0949. The highest BCUT2D eigenvalue weighted by atomic mass is 35.5. The minimum atomic E-state index is -3.73. The predicted molar refractivity (Wildman–Crippen MR) is 103 cm³/mol. The fraction of sp³-hybridized carbons (Fsp3) is 0.529. The van der Waals surface area contributed by atoms with Crippen molar-refractivity contribution < 1.29 is 18.0 Å². The molecule has 3 rings (SSSR count). The fourth-order valence-electron chi connectivity index (χ4n) is 3.18. The zero-order valence-electron chi connectivity index (χ0n) is 14.9.